The van der Waals surface area contributed by atoms with Gasteiger partial charge in [-0.25, -0.2) is 8.78 Å². The molecule has 2 atom stereocenters. The lowest BCUT2D eigenvalue weighted by Gasteiger charge is -2.36. The molecule has 2 unspecified atom stereocenters. The highest BCUT2D eigenvalue weighted by Crippen LogP contribution is 2.27. The van der Waals surface area contributed by atoms with Crippen LogP contribution in [0.2, 0.25) is 0 Å². The van der Waals surface area contributed by atoms with E-state index in [1.54, 1.807) is 6.92 Å². The van der Waals surface area contributed by atoms with Crippen LogP contribution in [0, 0.1) is 11.6 Å². The number of halogens is 3. The standard InChI is InChI=1S/C15H20BrF2NO/c1-10(20)8-11-4-2-3-7-19(11)9-12-14(17)6-5-13(16)15(12)18/h5-6,10-11,20H,2-4,7-9H2,1H3. The molecule has 20 heavy (non-hydrogen) atoms. The Morgan fingerprint density at radius 2 is 2.15 bits per heavy atom. The van der Waals surface area contributed by atoms with E-state index in [1.807, 2.05) is 0 Å². The molecule has 1 aromatic rings. The lowest BCUT2D eigenvalue weighted by molar-refractivity contribution is 0.0802. The minimum absolute atomic E-state index is 0.108. The van der Waals surface area contributed by atoms with Gasteiger partial charge in [0.05, 0.1) is 10.6 Å². The topological polar surface area (TPSA) is 23.5 Å². The van der Waals surface area contributed by atoms with Crippen LogP contribution in [0.1, 0.15) is 38.2 Å². The fourth-order valence-corrected chi connectivity index (χ4v) is 3.22. The molecule has 5 heteroatoms. The van der Waals surface area contributed by atoms with E-state index < -0.39 is 17.7 Å². The molecule has 2 rings (SSSR count). The molecule has 1 heterocycles. The van der Waals surface area contributed by atoms with Gasteiger partial charge in [0.2, 0.25) is 0 Å². The minimum atomic E-state index is -0.522. The van der Waals surface area contributed by atoms with E-state index >= 15 is 0 Å². The fraction of sp³-hybridized carbons (Fsp3) is 0.600. The van der Waals surface area contributed by atoms with Crippen molar-refractivity contribution in [3.63, 3.8) is 0 Å². The maximum absolute atomic E-state index is 14.0. The highest BCUT2D eigenvalue weighted by atomic mass is 79.9. The number of aliphatic hydroxyl groups is 1. The number of aliphatic hydroxyl groups excluding tert-OH is 1. The molecule has 1 aliphatic heterocycles. The summed E-state index contributed by atoms with van der Waals surface area (Å²) in [6.07, 6.45) is 3.38. The minimum Gasteiger partial charge on any atom is -0.393 e. The summed E-state index contributed by atoms with van der Waals surface area (Å²) in [5.41, 5.74) is 0.108. The Balaban J connectivity index is 2.16. The van der Waals surface area contributed by atoms with E-state index in [9.17, 15) is 13.9 Å². The zero-order valence-electron chi connectivity index (χ0n) is 11.6. The molecule has 0 spiro atoms. The van der Waals surface area contributed by atoms with Crippen molar-refractivity contribution in [1.29, 1.82) is 0 Å². The van der Waals surface area contributed by atoms with Crippen molar-refractivity contribution in [3.8, 4) is 0 Å². The van der Waals surface area contributed by atoms with Gasteiger partial charge in [-0.1, -0.05) is 6.42 Å². The summed E-state index contributed by atoms with van der Waals surface area (Å²) >= 11 is 3.10. The van der Waals surface area contributed by atoms with E-state index in [0.29, 0.717) is 6.42 Å². The van der Waals surface area contributed by atoms with Crippen LogP contribution in [-0.2, 0) is 6.54 Å². The largest absolute Gasteiger partial charge is 0.393 e. The van der Waals surface area contributed by atoms with Gasteiger partial charge in [0.15, 0.2) is 0 Å². The van der Waals surface area contributed by atoms with Crippen molar-refractivity contribution in [2.24, 2.45) is 0 Å². The molecule has 1 saturated heterocycles. The molecule has 0 bridgehead atoms. The van der Waals surface area contributed by atoms with Crippen LogP contribution in [0.3, 0.4) is 0 Å². The normalized spacial score (nSPS) is 21.9. The van der Waals surface area contributed by atoms with Crippen molar-refractivity contribution in [2.45, 2.75) is 51.3 Å². The molecule has 1 N–H and O–H groups in total. The van der Waals surface area contributed by atoms with Gasteiger partial charge >= 0.3 is 0 Å². The Hall–Kier alpha value is -0.520. The Labute approximate surface area is 126 Å². The van der Waals surface area contributed by atoms with Crippen molar-refractivity contribution < 1.29 is 13.9 Å². The second-order valence-electron chi connectivity index (χ2n) is 5.53. The summed E-state index contributed by atoms with van der Waals surface area (Å²) < 4.78 is 28.2. The first kappa shape index (κ1) is 15.9. The first-order valence-corrected chi connectivity index (χ1v) is 7.83. The van der Waals surface area contributed by atoms with Gasteiger partial charge in [0, 0.05) is 18.2 Å². The van der Waals surface area contributed by atoms with Gasteiger partial charge in [0.25, 0.3) is 0 Å². The molecule has 2 nitrogen and oxygen atoms in total. The van der Waals surface area contributed by atoms with Crippen molar-refractivity contribution in [3.05, 3.63) is 33.8 Å². The van der Waals surface area contributed by atoms with Gasteiger partial charge in [-0.3, -0.25) is 4.90 Å². The maximum atomic E-state index is 14.0. The summed E-state index contributed by atoms with van der Waals surface area (Å²) in [6.45, 7) is 2.84. The van der Waals surface area contributed by atoms with Crippen LogP contribution in [0.5, 0.6) is 0 Å². The summed E-state index contributed by atoms with van der Waals surface area (Å²) in [6, 6.07) is 2.87. The Morgan fingerprint density at radius 3 is 2.85 bits per heavy atom. The Kier molecular flexibility index (Phi) is 5.52. The van der Waals surface area contributed by atoms with Gasteiger partial charge in [-0.2, -0.15) is 0 Å². The van der Waals surface area contributed by atoms with Gasteiger partial charge in [0.1, 0.15) is 11.6 Å². The van der Waals surface area contributed by atoms with Crippen LogP contribution in [0.25, 0.3) is 0 Å². The SMILES string of the molecule is CC(O)CC1CCCCN1Cc1c(F)ccc(Br)c1F. The molecule has 1 aromatic carbocycles. The highest BCUT2D eigenvalue weighted by Gasteiger charge is 2.26. The molecular weight excluding hydrogens is 328 g/mol. The fourth-order valence-electron chi connectivity index (χ4n) is 2.85. The zero-order chi connectivity index (χ0) is 14.7. The summed E-state index contributed by atoms with van der Waals surface area (Å²) in [5, 5.41) is 9.56. The van der Waals surface area contributed by atoms with Crippen molar-refractivity contribution in [1.82, 2.24) is 4.90 Å². The average molecular weight is 348 g/mol. The van der Waals surface area contributed by atoms with Crippen molar-refractivity contribution >= 4 is 15.9 Å². The molecule has 0 radical (unpaired) electrons. The number of hydrogen-bond donors (Lipinski definition) is 1. The van der Waals surface area contributed by atoms with Crippen LogP contribution in [-0.4, -0.2) is 28.7 Å². The predicted molar refractivity (Wildman–Crippen MR) is 78.4 cm³/mol. The molecule has 0 saturated carbocycles. The van der Waals surface area contributed by atoms with Gasteiger partial charge in [-0.15, -0.1) is 0 Å². The van der Waals surface area contributed by atoms with E-state index in [2.05, 4.69) is 20.8 Å². The van der Waals surface area contributed by atoms with Gasteiger partial charge < -0.3 is 5.11 Å². The highest BCUT2D eigenvalue weighted by molar-refractivity contribution is 9.10. The molecule has 0 aromatic heterocycles. The molecule has 1 fully saturated rings. The second kappa shape index (κ2) is 6.96. The molecule has 112 valence electrons. The lowest BCUT2D eigenvalue weighted by Crippen LogP contribution is -2.41. The molecule has 1 aliphatic rings. The lowest BCUT2D eigenvalue weighted by atomic mass is 9.96. The molecule has 0 amide bonds. The second-order valence-corrected chi connectivity index (χ2v) is 6.38. The summed E-state index contributed by atoms with van der Waals surface area (Å²) in [7, 11) is 0. The quantitative estimate of drug-likeness (QED) is 0.836. The average Bonchev–Trinajstić information content (AvgIpc) is 2.40. The third-order valence-electron chi connectivity index (χ3n) is 3.86. The number of nitrogens with zero attached hydrogens (tertiary/aromatic N) is 1. The number of piperidine rings is 1. The first-order chi connectivity index (χ1) is 9.49. The van der Waals surface area contributed by atoms with Crippen LogP contribution >= 0.6 is 15.9 Å². The Morgan fingerprint density at radius 1 is 1.40 bits per heavy atom. The van der Waals surface area contributed by atoms with E-state index in [4.69, 9.17) is 0 Å². The summed E-state index contributed by atoms with van der Waals surface area (Å²) in [4.78, 5) is 2.09. The zero-order valence-corrected chi connectivity index (χ0v) is 13.2. The maximum Gasteiger partial charge on any atom is 0.144 e. The first-order valence-electron chi connectivity index (χ1n) is 7.03. The van der Waals surface area contributed by atoms with Crippen LogP contribution < -0.4 is 0 Å². The molecular formula is C15H20BrF2NO. The van der Waals surface area contributed by atoms with E-state index in [0.717, 1.165) is 25.8 Å². The van der Waals surface area contributed by atoms with E-state index in [1.165, 1.54) is 12.1 Å². The number of hydrogen-bond acceptors (Lipinski definition) is 2. The number of benzene rings is 1. The number of rotatable bonds is 4. The van der Waals surface area contributed by atoms with E-state index in [-0.39, 0.29) is 22.6 Å². The Bertz CT molecular complexity index is 467. The molecule has 0 aliphatic carbocycles. The predicted octanol–water partition coefficient (Wildman–Crippen LogP) is 3.85. The van der Waals surface area contributed by atoms with Crippen molar-refractivity contribution in [2.75, 3.05) is 6.54 Å². The summed E-state index contributed by atoms with van der Waals surface area (Å²) in [5.74, 6) is -1.03. The third kappa shape index (κ3) is 3.77. The van der Waals surface area contributed by atoms with Gasteiger partial charge in [-0.05, 0) is 60.8 Å². The third-order valence-corrected chi connectivity index (χ3v) is 4.47. The number of likely N-dealkylation sites (tertiary alicyclic amines) is 1. The monoisotopic (exact) mass is 347 g/mol. The smallest absolute Gasteiger partial charge is 0.144 e. The van der Waals surface area contributed by atoms with Crippen LogP contribution in [0.15, 0.2) is 16.6 Å². The van der Waals surface area contributed by atoms with Crippen LogP contribution in [0.4, 0.5) is 8.78 Å².